The molecule has 1 aromatic carbocycles. The molecule has 2 aromatic rings. The number of para-hydroxylation sites is 1. The highest BCUT2D eigenvalue weighted by molar-refractivity contribution is 8.11. The summed E-state index contributed by atoms with van der Waals surface area (Å²) in [6.07, 6.45) is 1.44. The van der Waals surface area contributed by atoms with E-state index in [9.17, 15) is 14.4 Å². The Morgan fingerprint density at radius 2 is 1.89 bits per heavy atom. The SMILES string of the molecule is C=CCn1c(=O)/c(=C2/SC(C)=C(C)N2CC)s/c1=C1/C(=O)N(c2ccccc2)N=C1CC(=O)OCC. The molecule has 1 aromatic heterocycles. The van der Waals surface area contributed by atoms with Gasteiger partial charge in [0, 0.05) is 23.7 Å². The number of carbonyl (C=O) groups is 2. The van der Waals surface area contributed by atoms with Crippen molar-refractivity contribution in [3.8, 4) is 0 Å². The van der Waals surface area contributed by atoms with Crippen molar-refractivity contribution in [3.63, 3.8) is 0 Å². The van der Waals surface area contributed by atoms with Crippen molar-refractivity contribution in [2.24, 2.45) is 5.10 Å². The molecule has 188 valence electrons. The van der Waals surface area contributed by atoms with Gasteiger partial charge in [0.25, 0.3) is 11.5 Å². The topological polar surface area (TPSA) is 84.2 Å². The Bertz CT molecular complexity index is 1470. The number of hydrazone groups is 1. The zero-order valence-electron chi connectivity index (χ0n) is 20.7. The maximum absolute atomic E-state index is 13.7. The first-order valence-corrected chi connectivity index (χ1v) is 13.3. The van der Waals surface area contributed by atoms with Crippen molar-refractivity contribution in [1.29, 1.82) is 0 Å². The summed E-state index contributed by atoms with van der Waals surface area (Å²) in [5.41, 5.74) is 1.98. The Kier molecular flexibility index (Phi) is 7.65. The van der Waals surface area contributed by atoms with Gasteiger partial charge in [-0.05, 0) is 39.8 Å². The van der Waals surface area contributed by atoms with Crippen LogP contribution >= 0.6 is 23.1 Å². The van der Waals surface area contributed by atoms with Crippen LogP contribution in [0.1, 0.15) is 34.1 Å². The van der Waals surface area contributed by atoms with Gasteiger partial charge in [-0.15, -0.1) is 17.9 Å². The quantitative estimate of drug-likeness (QED) is 0.409. The zero-order valence-corrected chi connectivity index (χ0v) is 22.4. The molecule has 0 spiro atoms. The number of thiazole rings is 1. The van der Waals surface area contributed by atoms with Crippen molar-refractivity contribution < 1.29 is 14.3 Å². The highest BCUT2D eigenvalue weighted by Gasteiger charge is 2.35. The Balaban J connectivity index is 2.00. The molecule has 0 atom stereocenters. The second kappa shape index (κ2) is 10.7. The maximum atomic E-state index is 13.7. The normalized spacial score (nSPS) is 18.8. The van der Waals surface area contributed by atoms with Gasteiger partial charge in [-0.25, -0.2) is 0 Å². The van der Waals surface area contributed by atoms with Crippen molar-refractivity contribution in [3.05, 3.63) is 73.1 Å². The molecule has 0 radical (unpaired) electrons. The Morgan fingerprint density at radius 1 is 1.17 bits per heavy atom. The molecule has 36 heavy (non-hydrogen) atoms. The third-order valence-corrected chi connectivity index (χ3v) is 8.40. The molecular formula is C26H28N4O4S2. The lowest BCUT2D eigenvalue weighted by atomic mass is 10.1. The Hall–Kier alpha value is -3.37. The lowest BCUT2D eigenvalue weighted by Crippen LogP contribution is -2.36. The van der Waals surface area contributed by atoms with E-state index < -0.39 is 11.9 Å². The van der Waals surface area contributed by atoms with Crippen LogP contribution in [0, 0.1) is 0 Å². The summed E-state index contributed by atoms with van der Waals surface area (Å²) in [6.45, 7) is 12.8. The van der Waals surface area contributed by atoms with Crippen LogP contribution in [0.2, 0.25) is 0 Å². The van der Waals surface area contributed by atoms with Crippen LogP contribution in [0.4, 0.5) is 5.69 Å². The molecule has 0 N–H and O–H groups in total. The van der Waals surface area contributed by atoms with Gasteiger partial charge < -0.3 is 9.64 Å². The minimum absolute atomic E-state index is 0.181. The number of aromatic nitrogens is 1. The summed E-state index contributed by atoms with van der Waals surface area (Å²) < 4.78 is 7.68. The molecule has 0 fully saturated rings. The van der Waals surface area contributed by atoms with Crippen molar-refractivity contribution in [2.75, 3.05) is 18.2 Å². The standard InChI is InChI=1S/C26H28N4O4S2/c1-6-14-29-24(33)22(26-28(7-2)16(4)17(5)35-26)36-25(29)21-19(15-20(31)34-8-3)27-30(23(21)32)18-12-10-9-11-13-18/h6,9-13H,1,7-8,14-15H2,2-5H3/b25-21+,26-22-. The van der Waals surface area contributed by atoms with Crippen LogP contribution in [-0.4, -0.2) is 40.2 Å². The largest absolute Gasteiger partial charge is 0.466 e. The average Bonchev–Trinajstić information content (AvgIpc) is 3.45. The number of esters is 1. The van der Waals surface area contributed by atoms with E-state index in [0.29, 0.717) is 21.4 Å². The predicted octanol–water partition coefficient (Wildman–Crippen LogP) is 2.99. The third kappa shape index (κ3) is 4.58. The number of benzene rings is 1. The first kappa shape index (κ1) is 25.7. The maximum Gasteiger partial charge on any atom is 0.311 e. The fourth-order valence-electron chi connectivity index (χ4n) is 4.07. The second-order valence-corrected chi connectivity index (χ2v) is 10.3. The summed E-state index contributed by atoms with van der Waals surface area (Å²) in [6, 6.07) is 9.00. The van der Waals surface area contributed by atoms with Crippen molar-refractivity contribution in [2.45, 2.75) is 40.7 Å². The first-order chi connectivity index (χ1) is 17.3. The van der Waals surface area contributed by atoms with Crippen molar-refractivity contribution in [1.82, 2.24) is 9.47 Å². The predicted molar refractivity (Wildman–Crippen MR) is 146 cm³/mol. The molecule has 10 heteroatoms. The molecule has 1 amide bonds. The average molecular weight is 525 g/mol. The first-order valence-electron chi connectivity index (χ1n) is 11.7. The molecule has 4 rings (SSSR count). The number of hydrogen-bond donors (Lipinski definition) is 0. The highest BCUT2D eigenvalue weighted by atomic mass is 32.2. The smallest absolute Gasteiger partial charge is 0.311 e. The summed E-state index contributed by atoms with van der Waals surface area (Å²) >= 11 is 2.80. The van der Waals surface area contributed by atoms with Crippen LogP contribution in [0.25, 0.3) is 10.6 Å². The van der Waals surface area contributed by atoms with E-state index in [2.05, 4.69) is 16.6 Å². The molecule has 2 aliphatic rings. The van der Waals surface area contributed by atoms with Gasteiger partial charge in [0.05, 0.1) is 30.0 Å². The van der Waals surface area contributed by atoms with Crippen molar-refractivity contribution >= 4 is 57.0 Å². The van der Waals surface area contributed by atoms with Crippen LogP contribution in [0.3, 0.4) is 0 Å². The van der Waals surface area contributed by atoms with Crippen LogP contribution in [-0.2, 0) is 20.9 Å². The fraction of sp³-hybridized carbons (Fsp3) is 0.308. The molecule has 2 aliphatic heterocycles. The molecular weight excluding hydrogens is 496 g/mol. The van der Waals surface area contributed by atoms with E-state index in [1.54, 1.807) is 41.5 Å². The van der Waals surface area contributed by atoms with E-state index in [-0.39, 0.29) is 36.4 Å². The van der Waals surface area contributed by atoms with Gasteiger partial charge in [-0.3, -0.25) is 19.0 Å². The molecule has 0 saturated heterocycles. The van der Waals surface area contributed by atoms with Gasteiger partial charge in [-0.1, -0.05) is 36.0 Å². The third-order valence-electron chi connectivity index (χ3n) is 5.86. The van der Waals surface area contributed by atoms with Gasteiger partial charge >= 0.3 is 5.97 Å². The molecule has 0 unspecified atom stereocenters. The number of thioether (sulfide) groups is 1. The van der Waals surface area contributed by atoms with Crippen LogP contribution in [0.5, 0.6) is 0 Å². The zero-order chi connectivity index (χ0) is 26.0. The Morgan fingerprint density at radius 3 is 2.53 bits per heavy atom. The van der Waals surface area contributed by atoms with Gasteiger partial charge in [0.1, 0.15) is 14.2 Å². The van der Waals surface area contributed by atoms with E-state index in [1.807, 2.05) is 39.0 Å². The number of carbonyl (C=O) groups excluding carboxylic acids is 2. The van der Waals surface area contributed by atoms with E-state index >= 15 is 0 Å². The summed E-state index contributed by atoms with van der Waals surface area (Å²) in [5.74, 6) is -0.882. The lowest BCUT2D eigenvalue weighted by molar-refractivity contribution is -0.141. The van der Waals surface area contributed by atoms with Gasteiger partial charge in [0.2, 0.25) is 0 Å². The summed E-state index contributed by atoms with van der Waals surface area (Å²) in [7, 11) is 0. The van der Waals surface area contributed by atoms with E-state index in [0.717, 1.165) is 15.6 Å². The lowest BCUT2D eigenvalue weighted by Gasteiger charge is -2.17. The molecule has 0 bridgehead atoms. The highest BCUT2D eigenvalue weighted by Crippen LogP contribution is 2.40. The van der Waals surface area contributed by atoms with Crippen LogP contribution in [0.15, 0.2) is 63.5 Å². The number of amides is 1. The van der Waals surface area contributed by atoms with E-state index in [4.69, 9.17) is 4.74 Å². The number of rotatable bonds is 7. The number of anilines is 1. The molecule has 3 heterocycles. The second-order valence-electron chi connectivity index (χ2n) is 8.09. The summed E-state index contributed by atoms with van der Waals surface area (Å²) in [5, 5.41) is 6.63. The van der Waals surface area contributed by atoms with Crippen LogP contribution < -0.4 is 19.8 Å². The number of allylic oxidation sites excluding steroid dienone is 3. The monoisotopic (exact) mass is 524 g/mol. The van der Waals surface area contributed by atoms with E-state index in [1.165, 1.54) is 16.3 Å². The number of ether oxygens (including phenoxy) is 1. The van der Waals surface area contributed by atoms with Gasteiger partial charge in [0.15, 0.2) is 0 Å². The fourth-order valence-corrected chi connectivity index (χ4v) is 6.59. The minimum atomic E-state index is -0.487. The number of hydrogen-bond acceptors (Lipinski definition) is 8. The minimum Gasteiger partial charge on any atom is -0.466 e. The summed E-state index contributed by atoms with van der Waals surface area (Å²) in [4.78, 5) is 43.1. The van der Waals surface area contributed by atoms with Gasteiger partial charge in [-0.2, -0.15) is 10.1 Å². The molecule has 0 aliphatic carbocycles. The molecule has 8 nitrogen and oxygen atoms in total. The number of nitrogens with zero attached hydrogens (tertiary/aromatic N) is 4. The Labute approximate surface area is 217 Å². The molecule has 0 saturated carbocycles.